The summed E-state index contributed by atoms with van der Waals surface area (Å²) >= 11 is 0. The molecule has 1 unspecified atom stereocenters. The predicted molar refractivity (Wildman–Crippen MR) is 42.2 cm³/mol. The van der Waals surface area contributed by atoms with Crippen molar-refractivity contribution in [2.75, 3.05) is 6.61 Å². The van der Waals surface area contributed by atoms with Crippen LogP contribution in [0.25, 0.3) is 0 Å². The van der Waals surface area contributed by atoms with Gasteiger partial charge in [-0.25, -0.2) is 8.78 Å². The molecule has 1 rings (SSSR count). The van der Waals surface area contributed by atoms with Gasteiger partial charge in [-0.3, -0.25) is 0 Å². The highest BCUT2D eigenvalue weighted by Crippen LogP contribution is 2.33. The molecule has 1 aliphatic heterocycles. The molecule has 0 saturated carbocycles. The molecule has 4 heteroatoms. The number of nitrogens with two attached hydrogens (primary N) is 1. The minimum atomic E-state index is -2.46. The Kier molecular flexibility index (Phi) is 2.40. The maximum Gasteiger partial charge on any atom is 0.256 e. The molecular weight excluding hydrogens is 164 g/mol. The molecule has 0 amide bonds. The van der Waals surface area contributed by atoms with Gasteiger partial charge in [-0.05, 0) is 26.7 Å². The van der Waals surface area contributed by atoms with E-state index in [9.17, 15) is 8.78 Å². The van der Waals surface area contributed by atoms with Crippen LogP contribution in [0.5, 0.6) is 0 Å². The lowest BCUT2D eigenvalue weighted by Crippen LogP contribution is -2.56. The van der Waals surface area contributed by atoms with Gasteiger partial charge in [0.2, 0.25) is 0 Å². The lowest BCUT2D eigenvalue weighted by molar-refractivity contribution is -0.113. The second-order valence-electron chi connectivity index (χ2n) is 4.07. The molecule has 1 atom stereocenters. The van der Waals surface area contributed by atoms with Gasteiger partial charge in [0.05, 0.1) is 11.1 Å². The van der Waals surface area contributed by atoms with Crippen molar-refractivity contribution >= 4 is 0 Å². The van der Waals surface area contributed by atoms with Crippen molar-refractivity contribution in [2.45, 2.75) is 44.3 Å². The summed E-state index contributed by atoms with van der Waals surface area (Å²) in [5, 5.41) is 0. The molecule has 1 heterocycles. The molecule has 0 spiro atoms. The predicted octanol–water partition coefficient (Wildman–Crippen LogP) is 1.54. The number of halogens is 2. The van der Waals surface area contributed by atoms with E-state index in [0.717, 1.165) is 0 Å². The van der Waals surface area contributed by atoms with Gasteiger partial charge < -0.3 is 10.5 Å². The maximum absolute atomic E-state index is 12.5. The van der Waals surface area contributed by atoms with Crippen LogP contribution in [0.15, 0.2) is 0 Å². The Morgan fingerprint density at radius 2 is 2.00 bits per heavy atom. The van der Waals surface area contributed by atoms with Crippen LogP contribution in [0.1, 0.15) is 26.7 Å². The number of hydrogen-bond donors (Lipinski definition) is 1. The molecule has 1 fully saturated rings. The van der Waals surface area contributed by atoms with Gasteiger partial charge >= 0.3 is 0 Å². The summed E-state index contributed by atoms with van der Waals surface area (Å²) in [4.78, 5) is 0. The first-order valence-corrected chi connectivity index (χ1v) is 4.07. The first-order chi connectivity index (χ1) is 5.36. The van der Waals surface area contributed by atoms with Crippen LogP contribution < -0.4 is 5.73 Å². The standard InChI is InChI=1S/C8H15F2NO/c1-7(2)5-8(11,6(9)10)3-4-12-7/h6H,3-5,11H2,1-2H3. The molecule has 0 aromatic rings. The van der Waals surface area contributed by atoms with Crippen LogP contribution in [0, 0.1) is 0 Å². The van der Waals surface area contributed by atoms with Crippen LogP contribution in [0.2, 0.25) is 0 Å². The van der Waals surface area contributed by atoms with Crippen LogP contribution in [-0.4, -0.2) is 24.2 Å². The van der Waals surface area contributed by atoms with Crippen molar-refractivity contribution in [3.05, 3.63) is 0 Å². The molecule has 2 N–H and O–H groups in total. The Morgan fingerprint density at radius 3 is 2.33 bits per heavy atom. The third-order valence-electron chi connectivity index (χ3n) is 2.25. The minimum Gasteiger partial charge on any atom is -0.375 e. The van der Waals surface area contributed by atoms with E-state index >= 15 is 0 Å². The Morgan fingerprint density at radius 1 is 1.42 bits per heavy atom. The van der Waals surface area contributed by atoms with E-state index in [1.165, 1.54) is 0 Å². The fraction of sp³-hybridized carbons (Fsp3) is 1.00. The fourth-order valence-electron chi connectivity index (χ4n) is 1.64. The van der Waals surface area contributed by atoms with Crippen molar-refractivity contribution in [3.8, 4) is 0 Å². The molecule has 0 bridgehead atoms. The number of hydrogen-bond acceptors (Lipinski definition) is 2. The normalized spacial score (nSPS) is 35.5. The van der Waals surface area contributed by atoms with Gasteiger partial charge in [0.1, 0.15) is 0 Å². The van der Waals surface area contributed by atoms with Gasteiger partial charge in [0.15, 0.2) is 0 Å². The van der Waals surface area contributed by atoms with E-state index in [1.54, 1.807) is 13.8 Å². The van der Waals surface area contributed by atoms with Crippen molar-refractivity contribution in [1.82, 2.24) is 0 Å². The van der Waals surface area contributed by atoms with Gasteiger partial charge in [-0.2, -0.15) is 0 Å². The van der Waals surface area contributed by atoms with Gasteiger partial charge in [-0.1, -0.05) is 0 Å². The highest BCUT2D eigenvalue weighted by Gasteiger charge is 2.44. The smallest absolute Gasteiger partial charge is 0.256 e. The molecule has 1 saturated heterocycles. The zero-order valence-corrected chi connectivity index (χ0v) is 7.44. The summed E-state index contributed by atoms with van der Waals surface area (Å²) in [5.41, 5.74) is 3.69. The van der Waals surface area contributed by atoms with Crippen LogP contribution in [-0.2, 0) is 4.74 Å². The second kappa shape index (κ2) is 2.92. The van der Waals surface area contributed by atoms with Crippen molar-refractivity contribution in [3.63, 3.8) is 0 Å². The summed E-state index contributed by atoms with van der Waals surface area (Å²) < 4.78 is 30.2. The van der Waals surface area contributed by atoms with Crippen molar-refractivity contribution in [1.29, 1.82) is 0 Å². The van der Waals surface area contributed by atoms with Crippen LogP contribution in [0.4, 0.5) is 8.78 Å². The molecule has 1 aliphatic rings. The van der Waals surface area contributed by atoms with E-state index in [4.69, 9.17) is 10.5 Å². The summed E-state index contributed by atoms with van der Waals surface area (Å²) in [7, 11) is 0. The lowest BCUT2D eigenvalue weighted by atomic mass is 9.82. The molecule has 0 aromatic heterocycles. The van der Waals surface area contributed by atoms with E-state index < -0.39 is 17.6 Å². The number of alkyl halides is 2. The average Bonchev–Trinajstić information content (AvgIpc) is 1.83. The third-order valence-corrected chi connectivity index (χ3v) is 2.25. The van der Waals surface area contributed by atoms with E-state index in [2.05, 4.69) is 0 Å². The summed E-state index contributed by atoms with van der Waals surface area (Å²) in [6.07, 6.45) is -1.99. The van der Waals surface area contributed by atoms with E-state index in [0.29, 0.717) is 6.61 Å². The van der Waals surface area contributed by atoms with E-state index in [1.807, 2.05) is 0 Å². The largest absolute Gasteiger partial charge is 0.375 e. The molecule has 0 radical (unpaired) electrons. The Hall–Kier alpha value is -0.220. The second-order valence-corrected chi connectivity index (χ2v) is 4.07. The van der Waals surface area contributed by atoms with Gasteiger partial charge in [0.25, 0.3) is 6.43 Å². The Labute approximate surface area is 71.1 Å². The summed E-state index contributed by atoms with van der Waals surface area (Å²) in [6, 6.07) is 0. The van der Waals surface area contributed by atoms with Gasteiger partial charge in [0, 0.05) is 6.61 Å². The molecule has 0 aliphatic carbocycles. The minimum absolute atomic E-state index is 0.220. The molecule has 0 aromatic carbocycles. The van der Waals surface area contributed by atoms with E-state index in [-0.39, 0.29) is 12.8 Å². The molecule has 12 heavy (non-hydrogen) atoms. The topological polar surface area (TPSA) is 35.2 Å². The zero-order chi connectivity index (χ0) is 9.41. The van der Waals surface area contributed by atoms with Crippen molar-refractivity contribution < 1.29 is 13.5 Å². The maximum atomic E-state index is 12.5. The molecular formula is C8H15F2NO. The number of rotatable bonds is 1. The number of ether oxygens (including phenoxy) is 1. The Balaban J connectivity index is 2.68. The molecule has 72 valence electrons. The zero-order valence-electron chi connectivity index (χ0n) is 7.44. The van der Waals surface area contributed by atoms with Crippen LogP contribution in [0.3, 0.4) is 0 Å². The Bertz CT molecular complexity index is 172. The average molecular weight is 179 g/mol. The monoisotopic (exact) mass is 179 g/mol. The van der Waals surface area contributed by atoms with Gasteiger partial charge in [-0.15, -0.1) is 0 Å². The summed E-state index contributed by atoms with van der Waals surface area (Å²) in [5.74, 6) is 0. The first kappa shape index (κ1) is 9.86. The first-order valence-electron chi connectivity index (χ1n) is 4.07. The quantitative estimate of drug-likeness (QED) is 0.662. The molecule has 2 nitrogen and oxygen atoms in total. The van der Waals surface area contributed by atoms with Crippen LogP contribution >= 0.6 is 0 Å². The third kappa shape index (κ3) is 1.93. The lowest BCUT2D eigenvalue weighted by Gasteiger charge is -2.41. The SMILES string of the molecule is CC1(C)CC(N)(C(F)F)CCO1. The highest BCUT2D eigenvalue weighted by atomic mass is 19.3. The highest BCUT2D eigenvalue weighted by molar-refractivity contribution is 4.96. The van der Waals surface area contributed by atoms with Crippen molar-refractivity contribution in [2.24, 2.45) is 5.73 Å². The summed E-state index contributed by atoms with van der Waals surface area (Å²) in [6.45, 7) is 3.90. The fourth-order valence-corrected chi connectivity index (χ4v) is 1.64.